The molecule has 4 nitrogen and oxygen atoms in total. The molecule has 0 atom stereocenters. The monoisotopic (exact) mass is 254 g/mol. The molecule has 0 saturated heterocycles. The lowest BCUT2D eigenvalue weighted by molar-refractivity contribution is 1.03. The number of nitrogens with one attached hydrogen (secondary N) is 1. The van der Waals surface area contributed by atoms with E-state index < -0.39 is 0 Å². The van der Waals surface area contributed by atoms with Gasteiger partial charge in [-0.3, -0.25) is 0 Å². The van der Waals surface area contributed by atoms with Gasteiger partial charge in [-0.25, -0.2) is 15.0 Å². The quantitative estimate of drug-likeness (QED) is 0.856. The van der Waals surface area contributed by atoms with Gasteiger partial charge < -0.3 is 5.32 Å². The van der Waals surface area contributed by atoms with Crippen LogP contribution in [-0.2, 0) is 6.54 Å². The molecule has 0 radical (unpaired) electrons. The minimum Gasteiger partial charge on any atom is -0.363 e. The van der Waals surface area contributed by atoms with Crippen molar-refractivity contribution in [1.29, 1.82) is 0 Å². The lowest BCUT2D eigenvalue weighted by atomic mass is 10.4. The lowest BCUT2D eigenvalue weighted by Crippen LogP contribution is -2.02. The Bertz CT molecular complexity index is 477. The van der Waals surface area contributed by atoms with Gasteiger partial charge in [0.2, 0.25) is 5.28 Å². The van der Waals surface area contributed by atoms with E-state index in [1.807, 2.05) is 25.3 Å². The van der Waals surface area contributed by atoms with Crippen LogP contribution in [0.4, 0.5) is 5.82 Å². The smallest absolute Gasteiger partial charge is 0.224 e. The predicted octanol–water partition coefficient (Wildman–Crippen LogP) is 2.82. The molecule has 0 saturated carbocycles. The van der Waals surface area contributed by atoms with Gasteiger partial charge in [-0.1, -0.05) is 0 Å². The number of hydrogen-bond donors (Lipinski definition) is 1. The number of anilines is 1. The first-order chi connectivity index (χ1) is 7.63. The summed E-state index contributed by atoms with van der Waals surface area (Å²) in [5, 5.41) is 6.49. The van der Waals surface area contributed by atoms with Gasteiger partial charge in [0.25, 0.3) is 0 Å². The van der Waals surface area contributed by atoms with E-state index in [0.29, 0.717) is 6.54 Å². The molecule has 2 rings (SSSR count). The molecule has 0 aliphatic rings. The van der Waals surface area contributed by atoms with E-state index in [1.54, 1.807) is 11.3 Å². The molecule has 84 valence electrons. The third kappa shape index (κ3) is 2.90. The molecule has 0 bridgehead atoms. The fourth-order valence-electron chi connectivity index (χ4n) is 1.27. The molecule has 0 aliphatic carbocycles. The molecule has 2 aromatic heterocycles. The highest BCUT2D eigenvalue weighted by Crippen LogP contribution is 2.13. The molecule has 16 heavy (non-hydrogen) atoms. The summed E-state index contributed by atoms with van der Waals surface area (Å²) in [5.41, 5.74) is 1.89. The van der Waals surface area contributed by atoms with Gasteiger partial charge in [-0.2, -0.15) is 0 Å². The first-order valence-electron chi connectivity index (χ1n) is 4.79. The number of aryl methyl sites for hydroxylation is 2. The average Bonchev–Trinajstić information content (AvgIpc) is 2.60. The maximum Gasteiger partial charge on any atom is 0.224 e. The van der Waals surface area contributed by atoms with Crippen molar-refractivity contribution in [3.8, 4) is 0 Å². The molecule has 1 N–H and O–H groups in total. The molecule has 6 heteroatoms. The van der Waals surface area contributed by atoms with E-state index >= 15 is 0 Å². The normalized spacial score (nSPS) is 10.4. The van der Waals surface area contributed by atoms with Crippen LogP contribution < -0.4 is 5.32 Å². The molecule has 0 aromatic carbocycles. The van der Waals surface area contributed by atoms with Crippen molar-refractivity contribution in [2.24, 2.45) is 0 Å². The van der Waals surface area contributed by atoms with Crippen molar-refractivity contribution in [3.05, 3.63) is 33.1 Å². The topological polar surface area (TPSA) is 50.7 Å². The summed E-state index contributed by atoms with van der Waals surface area (Å²) in [5.74, 6) is 0.727. The summed E-state index contributed by atoms with van der Waals surface area (Å²) in [6.07, 6.45) is 0. The largest absolute Gasteiger partial charge is 0.363 e. The second-order valence-electron chi connectivity index (χ2n) is 3.40. The Morgan fingerprint density at radius 1 is 1.25 bits per heavy atom. The predicted molar refractivity (Wildman–Crippen MR) is 66.0 cm³/mol. The number of rotatable bonds is 3. The highest BCUT2D eigenvalue weighted by atomic mass is 35.5. The summed E-state index contributed by atoms with van der Waals surface area (Å²) in [4.78, 5) is 12.4. The van der Waals surface area contributed by atoms with E-state index in [1.165, 1.54) is 0 Å². The summed E-state index contributed by atoms with van der Waals surface area (Å²) >= 11 is 7.39. The molecule has 2 aromatic rings. The maximum absolute atomic E-state index is 5.76. The zero-order valence-corrected chi connectivity index (χ0v) is 10.6. The molecular formula is C10H11ClN4S. The second kappa shape index (κ2) is 4.76. The minimum absolute atomic E-state index is 0.262. The standard InChI is InChI=1S/C10H11ClN4S/c1-6-3-8(15-10(11)14-6)12-4-9-13-7(2)5-16-9/h3,5H,4H2,1-2H3,(H,12,14,15). The maximum atomic E-state index is 5.76. The van der Waals surface area contributed by atoms with E-state index in [9.17, 15) is 0 Å². The Labute approximate surface area is 103 Å². The Morgan fingerprint density at radius 3 is 2.69 bits per heavy atom. The van der Waals surface area contributed by atoms with Crippen LogP contribution in [0.15, 0.2) is 11.4 Å². The zero-order valence-electron chi connectivity index (χ0n) is 8.99. The van der Waals surface area contributed by atoms with Crippen molar-refractivity contribution < 1.29 is 0 Å². The van der Waals surface area contributed by atoms with E-state index in [4.69, 9.17) is 11.6 Å². The first kappa shape index (κ1) is 11.3. The molecule has 0 aliphatic heterocycles. The number of thiazole rings is 1. The molecule has 0 unspecified atom stereocenters. The van der Waals surface area contributed by atoms with Gasteiger partial charge in [0.05, 0.1) is 6.54 Å². The lowest BCUT2D eigenvalue weighted by Gasteiger charge is -2.04. The van der Waals surface area contributed by atoms with E-state index in [-0.39, 0.29) is 5.28 Å². The van der Waals surface area contributed by atoms with Crippen molar-refractivity contribution >= 4 is 28.8 Å². The van der Waals surface area contributed by atoms with Crippen molar-refractivity contribution in [3.63, 3.8) is 0 Å². The summed E-state index contributed by atoms with van der Waals surface area (Å²) in [6.45, 7) is 4.52. The van der Waals surface area contributed by atoms with Crippen molar-refractivity contribution in [2.45, 2.75) is 20.4 Å². The molecule has 0 amide bonds. The number of nitrogens with zero attached hydrogens (tertiary/aromatic N) is 3. The van der Waals surface area contributed by atoms with Crippen LogP contribution in [0.1, 0.15) is 16.4 Å². The number of hydrogen-bond acceptors (Lipinski definition) is 5. The fraction of sp³-hybridized carbons (Fsp3) is 0.300. The van der Waals surface area contributed by atoms with Crippen LogP contribution in [0.5, 0.6) is 0 Å². The Hall–Kier alpha value is -1.20. The summed E-state index contributed by atoms with van der Waals surface area (Å²) in [6, 6.07) is 1.85. The van der Waals surface area contributed by atoms with Crippen molar-refractivity contribution in [2.75, 3.05) is 5.32 Å². The molecule has 0 fully saturated rings. The van der Waals surface area contributed by atoms with Gasteiger partial charge in [-0.15, -0.1) is 11.3 Å². The molecule has 0 spiro atoms. The SMILES string of the molecule is Cc1cc(NCc2nc(C)cs2)nc(Cl)n1. The highest BCUT2D eigenvalue weighted by Gasteiger charge is 2.02. The van der Waals surface area contributed by atoms with E-state index in [2.05, 4.69) is 20.3 Å². The van der Waals surface area contributed by atoms with E-state index in [0.717, 1.165) is 22.2 Å². The zero-order chi connectivity index (χ0) is 11.5. The van der Waals surface area contributed by atoms with Gasteiger partial charge in [-0.05, 0) is 25.4 Å². The fourth-order valence-corrected chi connectivity index (χ4v) is 2.21. The van der Waals surface area contributed by atoms with Crippen LogP contribution in [0.2, 0.25) is 5.28 Å². The van der Waals surface area contributed by atoms with Gasteiger partial charge in [0.1, 0.15) is 10.8 Å². The van der Waals surface area contributed by atoms with Gasteiger partial charge >= 0.3 is 0 Å². The summed E-state index contributed by atoms with van der Waals surface area (Å²) < 4.78 is 0. The number of halogens is 1. The third-order valence-corrected chi connectivity index (χ3v) is 3.05. The Kier molecular flexibility index (Phi) is 3.36. The van der Waals surface area contributed by atoms with Crippen LogP contribution >= 0.6 is 22.9 Å². The van der Waals surface area contributed by atoms with Crippen LogP contribution in [-0.4, -0.2) is 15.0 Å². The first-order valence-corrected chi connectivity index (χ1v) is 6.05. The average molecular weight is 255 g/mol. The summed E-state index contributed by atoms with van der Waals surface area (Å²) in [7, 11) is 0. The van der Waals surface area contributed by atoms with Gasteiger partial charge in [0.15, 0.2) is 0 Å². The Morgan fingerprint density at radius 2 is 2.06 bits per heavy atom. The third-order valence-electron chi connectivity index (χ3n) is 1.91. The Balaban J connectivity index is 2.04. The highest BCUT2D eigenvalue weighted by molar-refractivity contribution is 7.09. The number of aromatic nitrogens is 3. The molecule has 2 heterocycles. The van der Waals surface area contributed by atoms with Crippen LogP contribution in [0.25, 0.3) is 0 Å². The van der Waals surface area contributed by atoms with Crippen LogP contribution in [0.3, 0.4) is 0 Å². The molecular weight excluding hydrogens is 244 g/mol. The van der Waals surface area contributed by atoms with Crippen molar-refractivity contribution in [1.82, 2.24) is 15.0 Å². The minimum atomic E-state index is 0.262. The second-order valence-corrected chi connectivity index (χ2v) is 4.68. The van der Waals surface area contributed by atoms with Gasteiger partial charge in [0, 0.05) is 22.8 Å². The van der Waals surface area contributed by atoms with Crippen LogP contribution in [0, 0.1) is 13.8 Å².